The SMILES string of the molecule is C[C@@H]1CN(S(=O)(=O)c2cc(C(=O)NO[C@H]3CCCCO3)ccc2Cl)C[C@H](C)O1. The molecular weight excluding hydrogens is 408 g/mol. The lowest BCUT2D eigenvalue weighted by molar-refractivity contribution is -0.186. The highest BCUT2D eigenvalue weighted by atomic mass is 35.5. The maximum absolute atomic E-state index is 13.1. The van der Waals surface area contributed by atoms with Crippen LogP contribution >= 0.6 is 11.6 Å². The van der Waals surface area contributed by atoms with Gasteiger partial charge >= 0.3 is 0 Å². The molecule has 0 spiro atoms. The number of ether oxygens (including phenoxy) is 2. The largest absolute Gasteiger partial charge is 0.373 e. The van der Waals surface area contributed by atoms with Crippen LogP contribution in [0, 0.1) is 0 Å². The van der Waals surface area contributed by atoms with Crippen molar-refractivity contribution in [3.05, 3.63) is 28.8 Å². The average Bonchev–Trinajstić information content (AvgIpc) is 2.66. The Morgan fingerprint density at radius 1 is 1.25 bits per heavy atom. The number of rotatable bonds is 5. The van der Waals surface area contributed by atoms with Crippen molar-refractivity contribution < 1.29 is 27.5 Å². The average molecular weight is 433 g/mol. The summed E-state index contributed by atoms with van der Waals surface area (Å²) in [5.41, 5.74) is 2.46. The molecule has 0 aromatic heterocycles. The number of amides is 1. The van der Waals surface area contributed by atoms with Gasteiger partial charge in [0.1, 0.15) is 4.90 Å². The summed E-state index contributed by atoms with van der Waals surface area (Å²) in [5.74, 6) is -0.564. The molecule has 0 aliphatic carbocycles. The third-order valence-electron chi connectivity index (χ3n) is 4.62. The number of hydrogen-bond acceptors (Lipinski definition) is 6. The Morgan fingerprint density at radius 3 is 2.61 bits per heavy atom. The molecule has 2 heterocycles. The van der Waals surface area contributed by atoms with Gasteiger partial charge in [-0.15, -0.1) is 0 Å². The van der Waals surface area contributed by atoms with Crippen molar-refractivity contribution in [3.63, 3.8) is 0 Å². The number of nitrogens with zero attached hydrogens (tertiary/aromatic N) is 1. The monoisotopic (exact) mass is 432 g/mol. The normalized spacial score (nSPS) is 26.8. The minimum absolute atomic E-state index is 0.0554. The van der Waals surface area contributed by atoms with Gasteiger partial charge in [0.05, 0.1) is 17.2 Å². The van der Waals surface area contributed by atoms with Gasteiger partial charge in [0.25, 0.3) is 5.91 Å². The van der Waals surface area contributed by atoms with Crippen LogP contribution in [0.4, 0.5) is 0 Å². The minimum atomic E-state index is -3.87. The molecule has 10 heteroatoms. The van der Waals surface area contributed by atoms with E-state index in [1.54, 1.807) is 0 Å². The van der Waals surface area contributed by atoms with Gasteiger partial charge in [-0.1, -0.05) is 11.6 Å². The van der Waals surface area contributed by atoms with Gasteiger partial charge in [-0.2, -0.15) is 4.31 Å². The number of morpholine rings is 1. The van der Waals surface area contributed by atoms with Crippen molar-refractivity contribution in [3.8, 4) is 0 Å². The predicted octanol–water partition coefficient (Wildman–Crippen LogP) is 2.33. The van der Waals surface area contributed by atoms with Gasteiger partial charge in [0, 0.05) is 31.7 Å². The summed E-state index contributed by atoms with van der Waals surface area (Å²) in [7, 11) is -3.87. The molecule has 0 unspecified atom stereocenters. The number of nitrogens with one attached hydrogen (secondary N) is 1. The summed E-state index contributed by atoms with van der Waals surface area (Å²) in [5, 5.41) is 0.0554. The van der Waals surface area contributed by atoms with Crippen molar-refractivity contribution in [2.75, 3.05) is 19.7 Å². The third-order valence-corrected chi connectivity index (χ3v) is 6.93. The van der Waals surface area contributed by atoms with E-state index in [1.165, 1.54) is 22.5 Å². The standard InChI is InChI=1S/C18H25ClN2O6S/c1-12-10-21(11-13(2)26-12)28(23,24)16-9-14(6-7-15(16)19)18(22)20-27-17-5-3-4-8-25-17/h6-7,9,12-13,17H,3-5,8,10-11H2,1-2H3,(H,20,22)/t12-,13+,17-/m0/s1. The molecule has 0 radical (unpaired) electrons. The molecule has 3 rings (SSSR count). The summed E-state index contributed by atoms with van der Waals surface area (Å²) < 4.78 is 38.5. The van der Waals surface area contributed by atoms with Crippen LogP contribution in [0.3, 0.4) is 0 Å². The van der Waals surface area contributed by atoms with Crippen LogP contribution in [-0.4, -0.2) is 56.8 Å². The quantitative estimate of drug-likeness (QED) is 0.717. The fraction of sp³-hybridized carbons (Fsp3) is 0.611. The molecule has 156 valence electrons. The number of benzene rings is 1. The maximum atomic E-state index is 13.1. The second-order valence-electron chi connectivity index (χ2n) is 7.07. The van der Waals surface area contributed by atoms with Gasteiger partial charge < -0.3 is 9.47 Å². The molecule has 1 amide bonds. The van der Waals surface area contributed by atoms with E-state index in [1.807, 2.05) is 13.8 Å². The minimum Gasteiger partial charge on any atom is -0.373 e. The van der Waals surface area contributed by atoms with Crippen molar-refractivity contribution in [2.24, 2.45) is 0 Å². The number of hydrogen-bond donors (Lipinski definition) is 1. The molecular formula is C18H25ClN2O6S. The number of hydroxylamine groups is 1. The molecule has 2 aliphatic heterocycles. The summed E-state index contributed by atoms with van der Waals surface area (Å²) in [6, 6.07) is 4.11. The topological polar surface area (TPSA) is 94.2 Å². The van der Waals surface area contributed by atoms with Gasteiger partial charge in [0.2, 0.25) is 10.0 Å². The Labute approximate surface area is 170 Å². The molecule has 2 aliphatic rings. The molecule has 0 bridgehead atoms. The van der Waals surface area contributed by atoms with Crippen molar-refractivity contribution in [1.82, 2.24) is 9.79 Å². The second kappa shape index (κ2) is 9.06. The van der Waals surface area contributed by atoms with Crippen LogP contribution < -0.4 is 5.48 Å². The number of sulfonamides is 1. The second-order valence-corrected chi connectivity index (χ2v) is 9.38. The van der Waals surface area contributed by atoms with Crippen LogP contribution in [-0.2, 0) is 24.3 Å². The highest BCUT2D eigenvalue weighted by Crippen LogP contribution is 2.28. The van der Waals surface area contributed by atoms with Crippen LogP contribution in [0.1, 0.15) is 43.5 Å². The Morgan fingerprint density at radius 2 is 1.96 bits per heavy atom. The first-order chi connectivity index (χ1) is 13.3. The Balaban J connectivity index is 1.75. The van der Waals surface area contributed by atoms with E-state index in [0.717, 1.165) is 12.8 Å². The Kier molecular flexibility index (Phi) is 6.95. The zero-order valence-electron chi connectivity index (χ0n) is 15.9. The lowest BCUT2D eigenvalue weighted by Crippen LogP contribution is -2.48. The number of carbonyl (C=O) groups is 1. The predicted molar refractivity (Wildman–Crippen MR) is 102 cm³/mol. The highest BCUT2D eigenvalue weighted by molar-refractivity contribution is 7.89. The maximum Gasteiger partial charge on any atom is 0.274 e. The van der Waals surface area contributed by atoms with Crippen LogP contribution in [0.25, 0.3) is 0 Å². The molecule has 28 heavy (non-hydrogen) atoms. The van der Waals surface area contributed by atoms with E-state index in [-0.39, 0.29) is 40.8 Å². The number of carbonyl (C=O) groups excluding carboxylic acids is 1. The first-order valence-electron chi connectivity index (χ1n) is 9.30. The Hall–Kier alpha value is -1.23. The van der Waals surface area contributed by atoms with Crippen LogP contribution in [0.5, 0.6) is 0 Å². The van der Waals surface area contributed by atoms with Gasteiger partial charge in [-0.05, 0) is 44.9 Å². The van der Waals surface area contributed by atoms with E-state index in [2.05, 4.69) is 5.48 Å². The van der Waals surface area contributed by atoms with Crippen LogP contribution in [0.2, 0.25) is 5.02 Å². The van der Waals surface area contributed by atoms with Crippen molar-refractivity contribution in [2.45, 2.75) is 56.5 Å². The molecule has 0 saturated carbocycles. The Bertz CT molecular complexity index is 802. The van der Waals surface area contributed by atoms with Gasteiger partial charge in [-0.3, -0.25) is 4.79 Å². The highest BCUT2D eigenvalue weighted by Gasteiger charge is 2.34. The van der Waals surface area contributed by atoms with Gasteiger partial charge in [0.15, 0.2) is 6.29 Å². The van der Waals surface area contributed by atoms with Crippen molar-refractivity contribution in [1.29, 1.82) is 0 Å². The first kappa shape index (κ1) is 21.5. The van der Waals surface area contributed by atoms with Crippen LogP contribution in [0.15, 0.2) is 23.1 Å². The molecule has 3 atom stereocenters. The summed E-state index contributed by atoms with van der Waals surface area (Å²) >= 11 is 6.16. The molecule has 8 nitrogen and oxygen atoms in total. The van der Waals surface area contributed by atoms with E-state index in [9.17, 15) is 13.2 Å². The third kappa shape index (κ3) is 5.03. The van der Waals surface area contributed by atoms with E-state index < -0.39 is 22.2 Å². The molecule has 1 aromatic rings. The molecule has 1 aromatic carbocycles. The smallest absolute Gasteiger partial charge is 0.274 e. The lowest BCUT2D eigenvalue weighted by atomic mass is 10.2. The molecule has 2 saturated heterocycles. The summed E-state index contributed by atoms with van der Waals surface area (Å²) in [4.78, 5) is 17.5. The first-order valence-corrected chi connectivity index (χ1v) is 11.1. The van der Waals surface area contributed by atoms with Crippen molar-refractivity contribution >= 4 is 27.5 Å². The van der Waals surface area contributed by atoms with E-state index >= 15 is 0 Å². The zero-order valence-corrected chi connectivity index (χ0v) is 17.5. The summed E-state index contributed by atoms with van der Waals surface area (Å²) in [6.07, 6.45) is 1.66. The van der Waals surface area contributed by atoms with E-state index in [0.29, 0.717) is 13.0 Å². The van der Waals surface area contributed by atoms with Gasteiger partial charge in [-0.25, -0.2) is 18.7 Å². The molecule has 2 fully saturated rings. The lowest BCUT2D eigenvalue weighted by Gasteiger charge is -2.34. The zero-order chi connectivity index (χ0) is 20.3. The molecule has 1 N–H and O–H groups in total. The number of halogens is 1. The van der Waals surface area contributed by atoms with E-state index in [4.69, 9.17) is 25.9 Å². The summed E-state index contributed by atoms with van der Waals surface area (Å²) in [6.45, 7) is 4.66. The fourth-order valence-electron chi connectivity index (χ4n) is 3.29. The fourth-order valence-corrected chi connectivity index (χ4v) is 5.38.